The van der Waals surface area contributed by atoms with Gasteiger partial charge >= 0.3 is 0 Å². The van der Waals surface area contributed by atoms with Crippen LogP contribution < -0.4 is 14.2 Å². The Balaban J connectivity index is 1.93. The van der Waals surface area contributed by atoms with Gasteiger partial charge in [0, 0.05) is 15.1 Å². The molecule has 0 amide bonds. The first-order valence-electron chi connectivity index (χ1n) is 9.05. The minimum Gasteiger partial charge on any atom is -0.493 e. The van der Waals surface area contributed by atoms with Gasteiger partial charge in [-0.15, -0.1) is 0 Å². The Kier molecular flexibility index (Phi) is 7.40. The van der Waals surface area contributed by atoms with E-state index >= 15 is 0 Å². The summed E-state index contributed by atoms with van der Waals surface area (Å²) in [6.45, 7) is 0.387. The van der Waals surface area contributed by atoms with Crippen LogP contribution in [0.4, 0.5) is 0 Å². The average Bonchev–Trinajstić information content (AvgIpc) is 2.77. The highest BCUT2D eigenvalue weighted by atomic mass is 79.9. The molecule has 0 saturated heterocycles. The van der Waals surface area contributed by atoms with Crippen LogP contribution in [0.25, 0.3) is 11.6 Å². The average molecular weight is 485 g/mol. The van der Waals surface area contributed by atoms with E-state index in [4.69, 9.17) is 25.8 Å². The van der Waals surface area contributed by atoms with Gasteiger partial charge in [0.1, 0.15) is 12.4 Å². The number of rotatable bonds is 7. The molecule has 0 saturated carbocycles. The van der Waals surface area contributed by atoms with Crippen LogP contribution in [0.15, 0.2) is 65.1 Å². The van der Waals surface area contributed by atoms with Crippen LogP contribution >= 0.6 is 27.5 Å². The van der Waals surface area contributed by atoms with E-state index < -0.39 is 0 Å². The summed E-state index contributed by atoms with van der Waals surface area (Å²) in [6, 6.07) is 20.8. The van der Waals surface area contributed by atoms with Crippen molar-refractivity contribution in [2.24, 2.45) is 0 Å². The molecule has 3 aromatic carbocycles. The van der Waals surface area contributed by atoms with Crippen LogP contribution in [0.5, 0.6) is 17.2 Å². The summed E-state index contributed by atoms with van der Waals surface area (Å²) < 4.78 is 17.5. The molecule has 0 heterocycles. The van der Waals surface area contributed by atoms with E-state index in [2.05, 4.69) is 22.0 Å². The van der Waals surface area contributed by atoms with Gasteiger partial charge < -0.3 is 14.2 Å². The maximum atomic E-state index is 9.77. The summed E-state index contributed by atoms with van der Waals surface area (Å²) in [5, 5.41) is 10.4. The molecule has 0 aromatic heterocycles. The lowest BCUT2D eigenvalue weighted by atomic mass is 10.0. The molecule has 0 aliphatic rings. The Morgan fingerprint density at radius 1 is 0.967 bits per heavy atom. The molecule has 0 spiro atoms. The van der Waals surface area contributed by atoms with Crippen LogP contribution in [0.2, 0.25) is 5.02 Å². The molecule has 6 heteroatoms. The van der Waals surface area contributed by atoms with E-state index in [1.165, 1.54) is 0 Å². The van der Waals surface area contributed by atoms with Crippen LogP contribution in [-0.4, -0.2) is 14.2 Å². The lowest BCUT2D eigenvalue weighted by molar-refractivity contribution is 0.305. The number of hydrogen-bond donors (Lipinski definition) is 0. The van der Waals surface area contributed by atoms with Crippen molar-refractivity contribution in [1.29, 1.82) is 5.26 Å². The third-order valence-electron chi connectivity index (χ3n) is 4.39. The first-order valence-corrected chi connectivity index (χ1v) is 10.2. The summed E-state index contributed by atoms with van der Waals surface area (Å²) in [6.07, 6.45) is 1.79. The van der Waals surface area contributed by atoms with Gasteiger partial charge in [-0.05, 0) is 65.7 Å². The number of benzene rings is 3. The minimum atomic E-state index is 0.387. The highest BCUT2D eigenvalue weighted by Crippen LogP contribution is 2.33. The number of ether oxygens (including phenoxy) is 3. The third kappa shape index (κ3) is 5.35. The second-order valence-corrected chi connectivity index (χ2v) is 7.69. The van der Waals surface area contributed by atoms with Gasteiger partial charge in [-0.25, -0.2) is 0 Å². The molecule has 3 rings (SSSR count). The van der Waals surface area contributed by atoms with Crippen molar-refractivity contribution in [3.63, 3.8) is 0 Å². The van der Waals surface area contributed by atoms with Gasteiger partial charge in [-0.1, -0.05) is 39.7 Å². The zero-order valence-electron chi connectivity index (χ0n) is 16.5. The third-order valence-corrected chi connectivity index (χ3v) is 5.14. The molecule has 0 unspecified atom stereocenters. The van der Waals surface area contributed by atoms with E-state index in [1.54, 1.807) is 32.4 Å². The van der Waals surface area contributed by atoms with Crippen LogP contribution in [0, 0.1) is 11.3 Å². The van der Waals surface area contributed by atoms with E-state index in [0.29, 0.717) is 34.5 Å². The number of halogens is 2. The SMILES string of the molecule is COc1ccc(/C(C#N)=C/c2cc(Br)ccc2OCc2ccc(Cl)cc2)cc1OC. The van der Waals surface area contributed by atoms with Crippen molar-refractivity contribution in [3.05, 3.63) is 86.8 Å². The van der Waals surface area contributed by atoms with Crippen LogP contribution in [0.1, 0.15) is 16.7 Å². The largest absolute Gasteiger partial charge is 0.493 e. The van der Waals surface area contributed by atoms with Gasteiger partial charge in [0.05, 0.1) is 25.9 Å². The molecular weight excluding hydrogens is 466 g/mol. The number of nitriles is 1. The standard InChI is InChI=1S/C24H19BrClNO3/c1-28-23-9-5-17(13-24(23)29-2)19(14-27)11-18-12-20(25)6-10-22(18)30-15-16-3-7-21(26)8-4-16/h3-13H,15H2,1-2H3/b19-11+. The summed E-state index contributed by atoms with van der Waals surface area (Å²) >= 11 is 9.43. The Bertz CT molecular complexity index is 1100. The molecule has 0 fully saturated rings. The van der Waals surface area contributed by atoms with E-state index in [1.807, 2.05) is 48.5 Å². The number of methoxy groups -OCH3 is 2. The maximum Gasteiger partial charge on any atom is 0.161 e. The fourth-order valence-electron chi connectivity index (χ4n) is 2.84. The molecule has 0 bridgehead atoms. The topological polar surface area (TPSA) is 51.5 Å². The predicted octanol–water partition coefficient (Wildman–Crippen LogP) is 6.76. The van der Waals surface area contributed by atoms with E-state index in [-0.39, 0.29) is 0 Å². The van der Waals surface area contributed by atoms with E-state index in [0.717, 1.165) is 21.2 Å². The Morgan fingerprint density at radius 3 is 2.33 bits per heavy atom. The number of allylic oxidation sites excluding steroid dienone is 1. The molecule has 0 aliphatic heterocycles. The quantitative estimate of drug-likeness (QED) is 0.274. The molecule has 30 heavy (non-hydrogen) atoms. The highest BCUT2D eigenvalue weighted by Gasteiger charge is 2.10. The van der Waals surface area contributed by atoms with Crippen molar-refractivity contribution in [2.75, 3.05) is 14.2 Å². The van der Waals surface area contributed by atoms with Crippen molar-refractivity contribution in [1.82, 2.24) is 0 Å². The Morgan fingerprint density at radius 2 is 1.67 bits per heavy atom. The van der Waals surface area contributed by atoms with E-state index in [9.17, 15) is 5.26 Å². The molecule has 0 atom stereocenters. The lowest BCUT2D eigenvalue weighted by Gasteiger charge is -2.12. The fraction of sp³-hybridized carbons (Fsp3) is 0.125. The first-order chi connectivity index (χ1) is 14.5. The molecule has 4 nitrogen and oxygen atoms in total. The van der Waals surface area contributed by atoms with Crippen LogP contribution in [0.3, 0.4) is 0 Å². The summed E-state index contributed by atoms with van der Waals surface area (Å²) in [5.74, 6) is 1.83. The maximum absolute atomic E-state index is 9.77. The van der Waals surface area contributed by atoms with Crippen molar-refractivity contribution in [3.8, 4) is 23.3 Å². The monoisotopic (exact) mass is 483 g/mol. The summed E-state index contributed by atoms with van der Waals surface area (Å²) in [4.78, 5) is 0. The van der Waals surface area contributed by atoms with Crippen molar-refractivity contribution in [2.45, 2.75) is 6.61 Å². The van der Waals surface area contributed by atoms with Crippen molar-refractivity contribution >= 4 is 39.2 Å². The lowest BCUT2D eigenvalue weighted by Crippen LogP contribution is -1.97. The molecule has 0 radical (unpaired) electrons. The number of nitrogens with zero attached hydrogens (tertiary/aromatic N) is 1. The predicted molar refractivity (Wildman–Crippen MR) is 123 cm³/mol. The minimum absolute atomic E-state index is 0.387. The van der Waals surface area contributed by atoms with Gasteiger partial charge in [-0.3, -0.25) is 0 Å². The zero-order valence-corrected chi connectivity index (χ0v) is 18.8. The Hall–Kier alpha value is -2.94. The summed E-state index contributed by atoms with van der Waals surface area (Å²) in [5.41, 5.74) is 2.98. The molecule has 0 aliphatic carbocycles. The Labute approximate surface area is 189 Å². The fourth-order valence-corrected chi connectivity index (χ4v) is 3.35. The smallest absolute Gasteiger partial charge is 0.161 e. The highest BCUT2D eigenvalue weighted by molar-refractivity contribution is 9.10. The second kappa shape index (κ2) is 10.2. The molecule has 3 aromatic rings. The number of hydrogen-bond acceptors (Lipinski definition) is 4. The summed E-state index contributed by atoms with van der Waals surface area (Å²) in [7, 11) is 3.14. The van der Waals surface area contributed by atoms with Gasteiger partial charge in [0.15, 0.2) is 11.5 Å². The van der Waals surface area contributed by atoms with Crippen LogP contribution in [-0.2, 0) is 6.61 Å². The van der Waals surface area contributed by atoms with Gasteiger partial charge in [0.2, 0.25) is 0 Å². The molecular formula is C24H19BrClNO3. The van der Waals surface area contributed by atoms with Gasteiger partial charge in [-0.2, -0.15) is 5.26 Å². The van der Waals surface area contributed by atoms with Crippen molar-refractivity contribution < 1.29 is 14.2 Å². The van der Waals surface area contributed by atoms with Gasteiger partial charge in [0.25, 0.3) is 0 Å². The molecule has 0 N–H and O–H groups in total. The first kappa shape index (κ1) is 21.8. The second-order valence-electron chi connectivity index (χ2n) is 6.34. The normalized spacial score (nSPS) is 11.0. The zero-order chi connectivity index (χ0) is 21.5. The molecule has 152 valence electrons.